The number of ether oxygens (including phenoxy) is 2. The van der Waals surface area contributed by atoms with Crippen molar-refractivity contribution < 1.29 is 19.1 Å². The third-order valence-electron chi connectivity index (χ3n) is 4.02. The fourth-order valence-electron chi connectivity index (χ4n) is 2.74. The lowest BCUT2D eigenvalue weighted by Gasteiger charge is -2.37. The molecule has 0 fully saturated rings. The molecule has 0 aliphatic heterocycles. The molecule has 6 heteroatoms. The molecule has 0 N–H and O–H groups in total. The molecule has 0 radical (unpaired) electrons. The van der Waals surface area contributed by atoms with Crippen LogP contribution in [0.3, 0.4) is 0 Å². The first-order valence-electron chi connectivity index (χ1n) is 9.72. The summed E-state index contributed by atoms with van der Waals surface area (Å²) in [5, 5.41) is 0. The Morgan fingerprint density at radius 2 is 1.14 bits per heavy atom. The SMILES string of the molecule is C=CCN(C[C@H]1C=C[C@H]1CN(CC=C)C(=O)OC(C)(C)C)C(=O)OC(C)(C)C. The van der Waals surface area contributed by atoms with E-state index in [-0.39, 0.29) is 24.0 Å². The highest BCUT2D eigenvalue weighted by Gasteiger charge is 2.32. The first-order chi connectivity index (χ1) is 12.9. The number of hydrogen-bond acceptors (Lipinski definition) is 4. The summed E-state index contributed by atoms with van der Waals surface area (Å²) in [6, 6.07) is 0. The molecule has 1 rings (SSSR count). The molecule has 0 saturated carbocycles. The van der Waals surface area contributed by atoms with E-state index in [1.54, 1.807) is 22.0 Å². The van der Waals surface area contributed by atoms with Crippen LogP contribution in [0.5, 0.6) is 0 Å². The molecular weight excluding hydrogens is 356 g/mol. The summed E-state index contributed by atoms with van der Waals surface area (Å²) in [6.45, 7) is 20.4. The van der Waals surface area contributed by atoms with Gasteiger partial charge in [-0.15, -0.1) is 13.2 Å². The van der Waals surface area contributed by atoms with Gasteiger partial charge in [0.1, 0.15) is 11.2 Å². The van der Waals surface area contributed by atoms with Crippen molar-refractivity contribution in [3.63, 3.8) is 0 Å². The van der Waals surface area contributed by atoms with Crippen LogP contribution in [0.25, 0.3) is 0 Å². The number of rotatable bonds is 8. The average molecular weight is 393 g/mol. The molecule has 158 valence electrons. The zero-order valence-corrected chi connectivity index (χ0v) is 18.2. The van der Waals surface area contributed by atoms with Gasteiger partial charge in [0.05, 0.1) is 0 Å². The van der Waals surface area contributed by atoms with Crippen molar-refractivity contribution in [1.82, 2.24) is 9.80 Å². The minimum atomic E-state index is -0.553. The molecule has 0 aromatic heterocycles. The zero-order chi connectivity index (χ0) is 21.5. The number of carbonyl (C=O) groups is 2. The summed E-state index contributed by atoms with van der Waals surface area (Å²) in [7, 11) is 0. The Kier molecular flexibility index (Phi) is 8.33. The van der Waals surface area contributed by atoms with Crippen molar-refractivity contribution in [3.8, 4) is 0 Å². The van der Waals surface area contributed by atoms with Crippen LogP contribution >= 0.6 is 0 Å². The molecule has 0 saturated heterocycles. The van der Waals surface area contributed by atoms with E-state index >= 15 is 0 Å². The summed E-state index contributed by atoms with van der Waals surface area (Å²) in [6.07, 6.45) is 6.78. The lowest BCUT2D eigenvalue weighted by atomic mass is 9.81. The van der Waals surface area contributed by atoms with Gasteiger partial charge in [0.15, 0.2) is 0 Å². The summed E-state index contributed by atoms with van der Waals surface area (Å²) in [5.41, 5.74) is -1.11. The molecule has 0 unspecified atom stereocenters. The predicted octanol–water partition coefficient (Wildman–Crippen LogP) is 4.63. The molecule has 0 spiro atoms. The Hall–Kier alpha value is -2.24. The molecule has 0 aromatic rings. The molecule has 1 aliphatic rings. The van der Waals surface area contributed by atoms with Gasteiger partial charge in [0, 0.05) is 38.0 Å². The minimum Gasteiger partial charge on any atom is -0.444 e. The van der Waals surface area contributed by atoms with Crippen molar-refractivity contribution in [3.05, 3.63) is 37.5 Å². The van der Waals surface area contributed by atoms with Gasteiger partial charge in [-0.25, -0.2) is 9.59 Å². The summed E-state index contributed by atoms with van der Waals surface area (Å²) in [5.74, 6) is 0.282. The van der Waals surface area contributed by atoms with E-state index < -0.39 is 11.2 Å². The quantitative estimate of drug-likeness (QED) is 0.565. The fraction of sp³-hybridized carbons (Fsp3) is 0.636. The van der Waals surface area contributed by atoms with Crippen LogP contribution in [0.15, 0.2) is 37.5 Å². The van der Waals surface area contributed by atoms with Gasteiger partial charge in [0.2, 0.25) is 0 Å². The van der Waals surface area contributed by atoms with Crippen molar-refractivity contribution in [1.29, 1.82) is 0 Å². The third kappa shape index (κ3) is 8.19. The van der Waals surface area contributed by atoms with Gasteiger partial charge in [-0.2, -0.15) is 0 Å². The molecule has 0 bridgehead atoms. The van der Waals surface area contributed by atoms with Gasteiger partial charge in [-0.1, -0.05) is 24.3 Å². The van der Waals surface area contributed by atoms with E-state index in [1.807, 2.05) is 41.5 Å². The van der Waals surface area contributed by atoms with E-state index in [2.05, 4.69) is 25.3 Å². The fourth-order valence-corrected chi connectivity index (χ4v) is 2.74. The topological polar surface area (TPSA) is 59.1 Å². The van der Waals surface area contributed by atoms with Crippen molar-refractivity contribution in [2.75, 3.05) is 26.2 Å². The van der Waals surface area contributed by atoms with Crippen LogP contribution < -0.4 is 0 Å². The second kappa shape index (κ2) is 9.80. The van der Waals surface area contributed by atoms with Crippen LogP contribution in [0.4, 0.5) is 9.59 Å². The molecule has 6 nitrogen and oxygen atoms in total. The Balaban J connectivity index is 2.74. The van der Waals surface area contributed by atoms with Crippen LogP contribution in [-0.2, 0) is 9.47 Å². The van der Waals surface area contributed by atoms with E-state index in [1.165, 1.54) is 0 Å². The monoisotopic (exact) mass is 392 g/mol. The number of carbonyl (C=O) groups excluding carboxylic acids is 2. The van der Waals surface area contributed by atoms with Crippen molar-refractivity contribution in [2.24, 2.45) is 11.8 Å². The minimum absolute atomic E-state index is 0.141. The van der Waals surface area contributed by atoms with Gasteiger partial charge in [0.25, 0.3) is 0 Å². The predicted molar refractivity (Wildman–Crippen MR) is 112 cm³/mol. The van der Waals surface area contributed by atoms with Gasteiger partial charge >= 0.3 is 12.2 Å². The highest BCUT2D eigenvalue weighted by molar-refractivity contribution is 5.69. The molecular formula is C22H36N2O4. The van der Waals surface area contributed by atoms with E-state index in [0.717, 1.165) is 0 Å². The number of amides is 2. The lowest BCUT2D eigenvalue weighted by molar-refractivity contribution is 0.0179. The van der Waals surface area contributed by atoms with Gasteiger partial charge < -0.3 is 19.3 Å². The first-order valence-corrected chi connectivity index (χ1v) is 9.72. The largest absolute Gasteiger partial charge is 0.444 e. The van der Waals surface area contributed by atoms with Crippen LogP contribution in [0, 0.1) is 11.8 Å². The standard InChI is InChI=1S/C22H36N2O4/c1-9-13-23(19(25)27-21(3,4)5)15-17-11-12-18(17)16-24(14-10-2)20(26)28-22(6,7)8/h9-12,17-18H,1-2,13-16H2,3-8H3/t17-,18+. The number of nitrogens with zero attached hydrogens (tertiary/aromatic N) is 2. The summed E-state index contributed by atoms with van der Waals surface area (Å²) < 4.78 is 11.0. The maximum absolute atomic E-state index is 12.5. The maximum atomic E-state index is 12.5. The Bertz CT molecular complexity index is 547. The van der Waals surface area contributed by atoms with E-state index in [0.29, 0.717) is 26.2 Å². The normalized spacial score (nSPS) is 18.6. The zero-order valence-electron chi connectivity index (χ0n) is 18.2. The molecule has 2 atom stereocenters. The smallest absolute Gasteiger partial charge is 0.410 e. The average Bonchev–Trinajstić information content (AvgIpc) is 2.50. The van der Waals surface area contributed by atoms with Crippen molar-refractivity contribution in [2.45, 2.75) is 52.7 Å². The highest BCUT2D eigenvalue weighted by atomic mass is 16.6. The Morgan fingerprint density at radius 3 is 1.36 bits per heavy atom. The van der Waals surface area contributed by atoms with E-state index in [4.69, 9.17) is 9.47 Å². The molecule has 2 amide bonds. The first kappa shape index (κ1) is 23.8. The van der Waals surface area contributed by atoms with Crippen LogP contribution in [0.2, 0.25) is 0 Å². The molecule has 0 heterocycles. The molecule has 1 aliphatic carbocycles. The highest BCUT2D eigenvalue weighted by Crippen LogP contribution is 2.28. The second-order valence-electron chi connectivity index (χ2n) is 9.06. The van der Waals surface area contributed by atoms with Crippen LogP contribution in [-0.4, -0.2) is 59.4 Å². The van der Waals surface area contributed by atoms with E-state index in [9.17, 15) is 9.59 Å². The maximum Gasteiger partial charge on any atom is 0.410 e. The molecule has 0 aromatic carbocycles. The van der Waals surface area contributed by atoms with Crippen LogP contribution in [0.1, 0.15) is 41.5 Å². The third-order valence-corrected chi connectivity index (χ3v) is 4.02. The Labute approximate surface area is 169 Å². The second-order valence-corrected chi connectivity index (χ2v) is 9.06. The van der Waals surface area contributed by atoms with Crippen molar-refractivity contribution >= 4 is 12.2 Å². The lowest BCUT2D eigenvalue weighted by Crippen LogP contribution is -2.46. The summed E-state index contributed by atoms with van der Waals surface area (Å²) in [4.78, 5) is 28.2. The molecule has 28 heavy (non-hydrogen) atoms. The summed E-state index contributed by atoms with van der Waals surface area (Å²) >= 11 is 0. The number of hydrogen-bond donors (Lipinski definition) is 0. The van der Waals surface area contributed by atoms with Gasteiger partial charge in [-0.3, -0.25) is 0 Å². The van der Waals surface area contributed by atoms with Gasteiger partial charge in [-0.05, 0) is 41.5 Å². The Morgan fingerprint density at radius 1 is 0.821 bits per heavy atom.